The van der Waals surface area contributed by atoms with Crippen LogP contribution in [0, 0.1) is 0 Å². The number of hydrogen-bond acceptors (Lipinski definition) is 4. The highest BCUT2D eigenvalue weighted by atomic mass is 32.2. The average Bonchev–Trinajstić information content (AvgIpc) is 2.81. The SMILES string of the molecule is O=C(CSC(=S)NC1CCCCCC1)Nc1ccc(C(F)(F)F)cn1. The first-order valence-electron chi connectivity index (χ1n) is 8.11. The molecule has 0 aliphatic heterocycles. The van der Waals surface area contributed by atoms with E-state index in [1.807, 2.05) is 0 Å². The summed E-state index contributed by atoms with van der Waals surface area (Å²) in [5, 5.41) is 5.74. The summed E-state index contributed by atoms with van der Waals surface area (Å²) >= 11 is 6.46. The van der Waals surface area contributed by atoms with Gasteiger partial charge in [0.25, 0.3) is 0 Å². The Kier molecular flexibility index (Phi) is 7.49. The molecule has 0 saturated heterocycles. The van der Waals surface area contributed by atoms with Gasteiger partial charge in [0.1, 0.15) is 10.1 Å². The maximum absolute atomic E-state index is 12.5. The minimum atomic E-state index is -4.44. The summed E-state index contributed by atoms with van der Waals surface area (Å²) in [6.45, 7) is 0. The fourth-order valence-corrected chi connectivity index (χ4v) is 3.51. The Morgan fingerprint density at radius 3 is 2.48 bits per heavy atom. The summed E-state index contributed by atoms with van der Waals surface area (Å²) in [4.78, 5) is 15.5. The lowest BCUT2D eigenvalue weighted by atomic mass is 10.1. The van der Waals surface area contributed by atoms with Crippen molar-refractivity contribution in [2.75, 3.05) is 11.1 Å². The Morgan fingerprint density at radius 1 is 1.24 bits per heavy atom. The van der Waals surface area contributed by atoms with Gasteiger partial charge in [0.05, 0.1) is 11.3 Å². The van der Waals surface area contributed by atoms with E-state index in [1.54, 1.807) is 0 Å². The van der Waals surface area contributed by atoms with Crippen LogP contribution >= 0.6 is 24.0 Å². The maximum atomic E-state index is 12.5. The normalized spacial score (nSPS) is 16.1. The molecule has 0 atom stereocenters. The van der Waals surface area contributed by atoms with Crippen molar-refractivity contribution in [1.82, 2.24) is 10.3 Å². The van der Waals surface area contributed by atoms with Crippen LogP contribution in [0.25, 0.3) is 0 Å². The van der Waals surface area contributed by atoms with Gasteiger partial charge in [0.2, 0.25) is 5.91 Å². The number of carbonyl (C=O) groups excluding carboxylic acids is 1. The Balaban J connectivity index is 1.73. The molecule has 1 fully saturated rings. The largest absolute Gasteiger partial charge is 0.417 e. The molecule has 9 heteroatoms. The standard InChI is InChI=1S/C16H20F3N3OS2/c17-16(18,19)11-7-8-13(20-9-11)22-14(23)10-25-15(24)21-12-5-3-1-2-4-6-12/h7-9,12H,1-6,10H2,(H,21,24)(H,20,22,23). The molecule has 1 amide bonds. The predicted octanol–water partition coefficient (Wildman–Crippen LogP) is 4.37. The third kappa shape index (κ3) is 7.19. The number of aromatic nitrogens is 1. The number of nitrogens with one attached hydrogen (secondary N) is 2. The van der Waals surface area contributed by atoms with Crippen molar-refractivity contribution in [2.45, 2.75) is 50.7 Å². The third-order valence-electron chi connectivity index (χ3n) is 3.87. The second-order valence-corrected chi connectivity index (χ2v) is 7.54. The van der Waals surface area contributed by atoms with Gasteiger partial charge < -0.3 is 10.6 Å². The smallest absolute Gasteiger partial charge is 0.368 e. The number of amides is 1. The van der Waals surface area contributed by atoms with Gasteiger partial charge in [-0.05, 0) is 25.0 Å². The minimum Gasteiger partial charge on any atom is -0.368 e. The lowest BCUT2D eigenvalue weighted by Gasteiger charge is -2.17. The van der Waals surface area contributed by atoms with E-state index in [0.29, 0.717) is 16.6 Å². The lowest BCUT2D eigenvalue weighted by molar-refractivity contribution is -0.137. The highest BCUT2D eigenvalue weighted by molar-refractivity contribution is 8.23. The van der Waals surface area contributed by atoms with Crippen LogP contribution in [0.15, 0.2) is 18.3 Å². The van der Waals surface area contributed by atoms with E-state index in [9.17, 15) is 18.0 Å². The van der Waals surface area contributed by atoms with E-state index >= 15 is 0 Å². The molecule has 0 unspecified atom stereocenters. The maximum Gasteiger partial charge on any atom is 0.417 e. The van der Waals surface area contributed by atoms with E-state index < -0.39 is 11.7 Å². The van der Waals surface area contributed by atoms with Crippen molar-refractivity contribution in [3.8, 4) is 0 Å². The van der Waals surface area contributed by atoms with Gasteiger partial charge in [-0.1, -0.05) is 49.7 Å². The zero-order valence-electron chi connectivity index (χ0n) is 13.6. The number of nitrogens with zero attached hydrogens (tertiary/aromatic N) is 1. The van der Waals surface area contributed by atoms with Crippen molar-refractivity contribution in [3.63, 3.8) is 0 Å². The van der Waals surface area contributed by atoms with Crippen LogP contribution in [0.4, 0.5) is 19.0 Å². The van der Waals surface area contributed by atoms with Gasteiger partial charge in [-0.15, -0.1) is 0 Å². The molecule has 0 radical (unpaired) electrons. The zero-order chi connectivity index (χ0) is 18.3. The quantitative estimate of drug-likeness (QED) is 0.590. The van der Waals surface area contributed by atoms with Gasteiger partial charge in [0, 0.05) is 12.2 Å². The number of anilines is 1. The molecule has 1 saturated carbocycles. The Hall–Kier alpha value is -1.35. The highest BCUT2D eigenvalue weighted by Crippen LogP contribution is 2.28. The number of thioether (sulfide) groups is 1. The summed E-state index contributed by atoms with van der Waals surface area (Å²) in [5.74, 6) is -0.190. The van der Waals surface area contributed by atoms with E-state index in [-0.39, 0.29) is 17.5 Å². The summed E-state index contributed by atoms with van der Waals surface area (Å²) < 4.78 is 37.9. The van der Waals surface area contributed by atoms with Gasteiger partial charge in [-0.3, -0.25) is 4.79 Å². The monoisotopic (exact) mass is 391 g/mol. The van der Waals surface area contributed by atoms with Crippen molar-refractivity contribution in [3.05, 3.63) is 23.9 Å². The van der Waals surface area contributed by atoms with Gasteiger partial charge in [-0.2, -0.15) is 13.2 Å². The number of hydrogen-bond donors (Lipinski definition) is 2. The number of pyridine rings is 1. The van der Waals surface area contributed by atoms with Crippen LogP contribution in [0.5, 0.6) is 0 Å². The fraction of sp³-hybridized carbons (Fsp3) is 0.562. The summed E-state index contributed by atoms with van der Waals surface area (Å²) in [6.07, 6.45) is 3.30. The first-order valence-corrected chi connectivity index (χ1v) is 9.50. The summed E-state index contributed by atoms with van der Waals surface area (Å²) in [7, 11) is 0. The van der Waals surface area contributed by atoms with Crippen molar-refractivity contribution < 1.29 is 18.0 Å². The second kappa shape index (κ2) is 9.38. The van der Waals surface area contributed by atoms with Crippen molar-refractivity contribution in [1.29, 1.82) is 0 Å². The molecular formula is C16H20F3N3OS2. The van der Waals surface area contributed by atoms with Crippen LogP contribution in [0.3, 0.4) is 0 Å². The van der Waals surface area contributed by atoms with Gasteiger partial charge in [0.15, 0.2) is 0 Å². The van der Waals surface area contributed by atoms with E-state index in [2.05, 4.69) is 15.6 Å². The molecule has 0 spiro atoms. The molecule has 2 N–H and O–H groups in total. The Morgan fingerprint density at radius 2 is 1.92 bits per heavy atom. The Bertz CT molecular complexity index is 585. The van der Waals surface area contributed by atoms with E-state index in [4.69, 9.17) is 12.2 Å². The number of halogens is 3. The molecular weight excluding hydrogens is 371 g/mol. The molecule has 0 bridgehead atoms. The topological polar surface area (TPSA) is 54.0 Å². The van der Waals surface area contributed by atoms with Crippen LogP contribution in [0.2, 0.25) is 0 Å². The lowest BCUT2D eigenvalue weighted by Crippen LogP contribution is -2.32. The molecule has 1 heterocycles. The predicted molar refractivity (Wildman–Crippen MR) is 97.6 cm³/mol. The fourth-order valence-electron chi connectivity index (χ4n) is 2.58. The van der Waals surface area contributed by atoms with Gasteiger partial charge in [-0.25, -0.2) is 4.98 Å². The Labute approximate surface area is 154 Å². The molecule has 1 aromatic heterocycles. The third-order valence-corrected chi connectivity index (χ3v) is 5.13. The molecule has 1 aliphatic rings. The molecule has 138 valence electrons. The summed E-state index contributed by atoms with van der Waals surface area (Å²) in [6, 6.07) is 2.38. The highest BCUT2D eigenvalue weighted by Gasteiger charge is 2.30. The second-order valence-electron chi connectivity index (χ2n) is 5.89. The first kappa shape index (κ1) is 20.0. The van der Waals surface area contributed by atoms with E-state index in [1.165, 1.54) is 37.4 Å². The van der Waals surface area contributed by atoms with Crippen LogP contribution < -0.4 is 10.6 Å². The number of rotatable bonds is 4. The molecule has 1 aliphatic carbocycles. The molecule has 2 rings (SSSR count). The molecule has 4 nitrogen and oxygen atoms in total. The number of alkyl halides is 3. The minimum absolute atomic E-state index is 0.0845. The van der Waals surface area contributed by atoms with Crippen LogP contribution in [0.1, 0.15) is 44.1 Å². The van der Waals surface area contributed by atoms with Crippen LogP contribution in [-0.2, 0) is 11.0 Å². The average molecular weight is 391 g/mol. The zero-order valence-corrected chi connectivity index (χ0v) is 15.2. The molecule has 1 aromatic rings. The van der Waals surface area contributed by atoms with Gasteiger partial charge >= 0.3 is 6.18 Å². The number of thiocarbonyl (C=S) groups is 1. The summed E-state index contributed by atoms with van der Waals surface area (Å²) in [5.41, 5.74) is -0.853. The van der Waals surface area contributed by atoms with Crippen LogP contribution in [-0.4, -0.2) is 27.0 Å². The molecule has 0 aromatic carbocycles. The number of carbonyl (C=O) groups is 1. The first-order chi connectivity index (χ1) is 11.8. The molecule has 25 heavy (non-hydrogen) atoms. The van der Waals surface area contributed by atoms with Crippen molar-refractivity contribution >= 4 is 40.0 Å². The van der Waals surface area contributed by atoms with Crippen molar-refractivity contribution in [2.24, 2.45) is 0 Å². The van der Waals surface area contributed by atoms with E-state index in [0.717, 1.165) is 25.0 Å².